The summed E-state index contributed by atoms with van der Waals surface area (Å²) >= 11 is 0. The van der Waals surface area contributed by atoms with Gasteiger partial charge < -0.3 is 15.7 Å². The monoisotopic (exact) mass is 284 g/mol. The first-order valence-electron chi connectivity index (χ1n) is 7.50. The number of carbonyl (C=O) groups is 2. The zero-order chi connectivity index (χ0) is 15.2. The number of amides is 2. The standard InChI is InChI=1S/C15H28N2O3/c1-14(2,3)10-16-13(20)17-11-15(12(18)19)8-6-4-5-7-9-15/h4-11H2,1-3H3,(H,18,19)(H2,16,17,20). The number of urea groups is 1. The SMILES string of the molecule is CC(C)(C)CNC(=O)NCC1(C(=O)O)CCCCCC1. The quantitative estimate of drug-likeness (QED) is 0.695. The zero-order valence-electron chi connectivity index (χ0n) is 12.9. The topological polar surface area (TPSA) is 78.4 Å². The fourth-order valence-corrected chi connectivity index (χ4v) is 2.53. The molecule has 1 aliphatic carbocycles. The van der Waals surface area contributed by atoms with Crippen molar-refractivity contribution in [1.82, 2.24) is 10.6 Å². The Morgan fingerprint density at radius 1 is 1.05 bits per heavy atom. The highest BCUT2D eigenvalue weighted by Crippen LogP contribution is 2.34. The lowest BCUT2D eigenvalue weighted by molar-refractivity contribution is -0.149. The molecule has 1 aliphatic rings. The van der Waals surface area contributed by atoms with E-state index < -0.39 is 11.4 Å². The lowest BCUT2D eigenvalue weighted by Crippen LogP contribution is -2.47. The van der Waals surface area contributed by atoms with Crippen LogP contribution in [0.25, 0.3) is 0 Å². The number of hydrogen-bond donors (Lipinski definition) is 3. The molecule has 116 valence electrons. The number of hydrogen-bond acceptors (Lipinski definition) is 2. The van der Waals surface area contributed by atoms with Crippen molar-refractivity contribution in [2.24, 2.45) is 10.8 Å². The summed E-state index contributed by atoms with van der Waals surface area (Å²) in [6.07, 6.45) is 5.34. The van der Waals surface area contributed by atoms with Crippen molar-refractivity contribution in [2.75, 3.05) is 13.1 Å². The molecule has 5 heteroatoms. The summed E-state index contributed by atoms with van der Waals surface area (Å²) in [5.74, 6) is -0.782. The van der Waals surface area contributed by atoms with E-state index >= 15 is 0 Å². The van der Waals surface area contributed by atoms with E-state index in [1.165, 1.54) is 0 Å². The van der Waals surface area contributed by atoms with Crippen LogP contribution in [0.2, 0.25) is 0 Å². The number of nitrogens with one attached hydrogen (secondary N) is 2. The molecule has 0 radical (unpaired) electrons. The molecule has 0 bridgehead atoms. The van der Waals surface area contributed by atoms with Crippen molar-refractivity contribution in [3.05, 3.63) is 0 Å². The first kappa shape index (κ1) is 16.8. The van der Waals surface area contributed by atoms with Crippen LogP contribution < -0.4 is 10.6 Å². The largest absolute Gasteiger partial charge is 0.481 e. The van der Waals surface area contributed by atoms with Crippen molar-refractivity contribution in [1.29, 1.82) is 0 Å². The van der Waals surface area contributed by atoms with E-state index in [-0.39, 0.29) is 18.0 Å². The van der Waals surface area contributed by atoms with Crippen molar-refractivity contribution < 1.29 is 14.7 Å². The molecule has 2 amide bonds. The molecule has 20 heavy (non-hydrogen) atoms. The highest BCUT2D eigenvalue weighted by Gasteiger charge is 2.38. The van der Waals surface area contributed by atoms with Gasteiger partial charge in [0.2, 0.25) is 0 Å². The molecule has 1 rings (SSSR count). The van der Waals surface area contributed by atoms with Crippen LogP contribution in [0.1, 0.15) is 59.3 Å². The third-order valence-corrected chi connectivity index (χ3v) is 3.88. The molecule has 5 nitrogen and oxygen atoms in total. The summed E-state index contributed by atoms with van der Waals surface area (Å²) in [7, 11) is 0. The van der Waals surface area contributed by atoms with Gasteiger partial charge in [-0.05, 0) is 18.3 Å². The third-order valence-electron chi connectivity index (χ3n) is 3.88. The summed E-state index contributed by atoms with van der Waals surface area (Å²) < 4.78 is 0. The summed E-state index contributed by atoms with van der Waals surface area (Å²) in [5, 5.41) is 15.0. The fraction of sp³-hybridized carbons (Fsp3) is 0.867. The van der Waals surface area contributed by atoms with Crippen molar-refractivity contribution in [3.63, 3.8) is 0 Å². The Bertz CT molecular complexity index is 340. The van der Waals surface area contributed by atoms with Gasteiger partial charge in [0, 0.05) is 13.1 Å². The lowest BCUT2D eigenvalue weighted by Gasteiger charge is -2.28. The van der Waals surface area contributed by atoms with Crippen LogP contribution in [-0.2, 0) is 4.79 Å². The second-order valence-electron chi connectivity index (χ2n) is 7.10. The van der Waals surface area contributed by atoms with Crippen molar-refractivity contribution in [2.45, 2.75) is 59.3 Å². The van der Waals surface area contributed by atoms with Gasteiger partial charge in [-0.1, -0.05) is 46.5 Å². The van der Waals surface area contributed by atoms with E-state index in [2.05, 4.69) is 10.6 Å². The zero-order valence-corrected chi connectivity index (χ0v) is 12.9. The lowest BCUT2D eigenvalue weighted by atomic mass is 9.80. The van der Waals surface area contributed by atoms with Crippen molar-refractivity contribution in [3.8, 4) is 0 Å². The van der Waals surface area contributed by atoms with Gasteiger partial charge in [-0.3, -0.25) is 4.79 Å². The number of carboxylic acids is 1. The smallest absolute Gasteiger partial charge is 0.314 e. The van der Waals surface area contributed by atoms with Crippen LogP contribution in [0.4, 0.5) is 4.79 Å². The van der Waals surface area contributed by atoms with Gasteiger partial charge in [0.25, 0.3) is 0 Å². The van der Waals surface area contributed by atoms with Crippen LogP contribution in [0.5, 0.6) is 0 Å². The molecule has 0 heterocycles. The van der Waals surface area contributed by atoms with Gasteiger partial charge in [-0.25, -0.2) is 4.79 Å². The molecule has 0 atom stereocenters. The Kier molecular flexibility index (Phi) is 5.84. The minimum absolute atomic E-state index is 0.0180. The van der Waals surface area contributed by atoms with Gasteiger partial charge in [-0.2, -0.15) is 0 Å². The summed E-state index contributed by atoms with van der Waals surface area (Å²) in [4.78, 5) is 23.4. The minimum atomic E-state index is -0.782. The molecule has 0 saturated heterocycles. The predicted octanol–water partition coefficient (Wildman–Crippen LogP) is 2.76. The van der Waals surface area contributed by atoms with E-state index in [9.17, 15) is 14.7 Å². The molecular weight excluding hydrogens is 256 g/mol. The Hall–Kier alpha value is -1.26. The second kappa shape index (κ2) is 6.95. The van der Waals surface area contributed by atoms with E-state index in [4.69, 9.17) is 0 Å². The maximum absolute atomic E-state index is 11.8. The number of rotatable bonds is 4. The maximum atomic E-state index is 11.8. The van der Waals surface area contributed by atoms with Crippen LogP contribution in [0.3, 0.4) is 0 Å². The van der Waals surface area contributed by atoms with Gasteiger partial charge in [0.05, 0.1) is 5.41 Å². The molecule has 3 N–H and O–H groups in total. The molecular formula is C15H28N2O3. The third kappa shape index (κ3) is 5.39. The highest BCUT2D eigenvalue weighted by molar-refractivity contribution is 5.78. The molecule has 0 aromatic heterocycles. The summed E-state index contributed by atoms with van der Waals surface area (Å²) in [6.45, 7) is 6.91. The molecule has 0 aliphatic heterocycles. The van der Waals surface area contributed by atoms with Crippen molar-refractivity contribution >= 4 is 12.0 Å². The Morgan fingerprint density at radius 2 is 1.60 bits per heavy atom. The van der Waals surface area contributed by atoms with E-state index in [1.807, 2.05) is 20.8 Å². The fourth-order valence-electron chi connectivity index (χ4n) is 2.53. The number of aliphatic carboxylic acids is 1. The minimum Gasteiger partial charge on any atom is -0.481 e. The number of carboxylic acid groups (broad SMARTS) is 1. The average Bonchev–Trinajstić information content (AvgIpc) is 2.59. The van der Waals surface area contributed by atoms with E-state index in [1.54, 1.807) is 0 Å². The summed E-state index contributed by atoms with van der Waals surface area (Å²) in [6, 6.07) is -0.273. The average molecular weight is 284 g/mol. The highest BCUT2D eigenvalue weighted by atomic mass is 16.4. The first-order chi connectivity index (χ1) is 9.25. The van der Waals surface area contributed by atoms with Gasteiger partial charge in [0.1, 0.15) is 0 Å². The number of carbonyl (C=O) groups excluding carboxylic acids is 1. The van der Waals surface area contributed by atoms with Crippen LogP contribution in [0, 0.1) is 10.8 Å². The molecule has 0 spiro atoms. The van der Waals surface area contributed by atoms with Crippen LogP contribution in [-0.4, -0.2) is 30.2 Å². The Morgan fingerprint density at radius 3 is 2.05 bits per heavy atom. The first-order valence-corrected chi connectivity index (χ1v) is 7.50. The van der Waals surface area contributed by atoms with E-state index in [0.717, 1.165) is 25.7 Å². The second-order valence-corrected chi connectivity index (χ2v) is 7.10. The van der Waals surface area contributed by atoms with Gasteiger partial charge in [0.15, 0.2) is 0 Å². The molecule has 1 fully saturated rings. The maximum Gasteiger partial charge on any atom is 0.314 e. The van der Waals surface area contributed by atoms with Gasteiger partial charge >= 0.3 is 12.0 Å². The normalized spacial score (nSPS) is 18.9. The van der Waals surface area contributed by atoms with Crippen LogP contribution in [0.15, 0.2) is 0 Å². The Balaban J connectivity index is 2.50. The summed E-state index contributed by atoms with van der Waals surface area (Å²) in [5.41, 5.74) is -0.764. The molecule has 1 saturated carbocycles. The molecule has 0 unspecified atom stereocenters. The molecule has 0 aromatic rings. The van der Waals surface area contributed by atoms with E-state index in [0.29, 0.717) is 19.4 Å². The Labute approximate surface area is 121 Å². The van der Waals surface area contributed by atoms with Gasteiger partial charge in [-0.15, -0.1) is 0 Å². The molecule has 0 aromatic carbocycles. The van der Waals surface area contributed by atoms with Crippen LogP contribution >= 0.6 is 0 Å². The predicted molar refractivity (Wildman–Crippen MR) is 78.6 cm³/mol.